The molecule has 1 heterocycles. The van der Waals surface area contributed by atoms with Gasteiger partial charge in [-0.2, -0.15) is 0 Å². The Morgan fingerprint density at radius 1 is 0.968 bits per heavy atom. The van der Waals surface area contributed by atoms with Gasteiger partial charge in [-0.3, -0.25) is 14.5 Å². The van der Waals surface area contributed by atoms with Gasteiger partial charge in [-0.15, -0.1) is 0 Å². The van der Waals surface area contributed by atoms with Gasteiger partial charge >= 0.3 is 11.8 Å². The number of benzene rings is 2. The minimum absolute atomic E-state index is 0.480. The lowest BCUT2D eigenvalue weighted by molar-refractivity contribution is -0.136. The van der Waals surface area contributed by atoms with Crippen LogP contribution in [0, 0.1) is 0 Å². The van der Waals surface area contributed by atoms with E-state index in [9.17, 15) is 9.59 Å². The fourth-order valence-electron chi connectivity index (χ4n) is 3.70. The maximum Gasteiger partial charge on any atom is 0.313 e. The Hall–Kier alpha value is -3.06. The predicted molar refractivity (Wildman–Crippen MR) is 124 cm³/mol. The molecule has 7 heteroatoms. The van der Waals surface area contributed by atoms with Crippen LogP contribution in [0.4, 0.5) is 11.4 Å². The highest BCUT2D eigenvalue weighted by atomic mass is 16.5. The summed E-state index contributed by atoms with van der Waals surface area (Å²) in [5.41, 5.74) is 2.95. The number of nitrogens with zero attached hydrogens (tertiary/aromatic N) is 2. The third-order valence-corrected chi connectivity index (χ3v) is 5.56. The predicted octanol–water partition coefficient (Wildman–Crippen LogP) is 2.52. The number of hydrogen-bond donors (Lipinski definition) is 2. The molecule has 7 nitrogen and oxygen atoms in total. The highest BCUT2D eigenvalue weighted by molar-refractivity contribution is 6.39. The number of hydrogen-bond acceptors (Lipinski definition) is 5. The van der Waals surface area contributed by atoms with Gasteiger partial charge < -0.3 is 20.3 Å². The number of amides is 2. The molecule has 0 saturated carbocycles. The van der Waals surface area contributed by atoms with Gasteiger partial charge in [0.1, 0.15) is 5.75 Å². The van der Waals surface area contributed by atoms with Crippen molar-refractivity contribution in [2.45, 2.75) is 19.8 Å². The molecular formula is C24H32N4O3. The van der Waals surface area contributed by atoms with Gasteiger partial charge in [0.2, 0.25) is 0 Å². The van der Waals surface area contributed by atoms with Crippen molar-refractivity contribution >= 4 is 23.2 Å². The largest absolute Gasteiger partial charge is 0.495 e. The molecular weight excluding hydrogens is 392 g/mol. The number of piperazine rings is 1. The SMILES string of the molecule is CCc1ccc(NC(=O)C(=O)NCCCN2CCN(c3ccccc3OC)CC2)cc1. The molecule has 31 heavy (non-hydrogen) atoms. The van der Waals surface area contributed by atoms with E-state index in [-0.39, 0.29) is 0 Å². The van der Waals surface area contributed by atoms with Gasteiger partial charge in [0, 0.05) is 38.4 Å². The minimum Gasteiger partial charge on any atom is -0.495 e. The normalized spacial score (nSPS) is 14.2. The van der Waals surface area contributed by atoms with Crippen LogP contribution in [0.25, 0.3) is 0 Å². The Morgan fingerprint density at radius 3 is 2.35 bits per heavy atom. The Bertz CT molecular complexity index is 861. The third-order valence-electron chi connectivity index (χ3n) is 5.56. The van der Waals surface area contributed by atoms with Crippen molar-refractivity contribution in [2.75, 3.05) is 56.6 Å². The monoisotopic (exact) mass is 424 g/mol. The summed E-state index contributed by atoms with van der Waals surface area (Å²) in [6, 6.07) is 15.6. The van der Waals surface area contributed by atoms with Crippen molar-refractivity contribution in [3.63, 3.8) is 0 Å². The molecule has 1 aliphatic rings. The minimum atomic E-state index is -0.630. The van der Waals surface area contributed by atoms with Gasteiger partial charge in [-0.25, -0.2) is 0 Å². The molecule has 0 aliphatic carbocycles. The molecule has 2 aromatic carbocycles. The Balaban J connectivity index is 1.33. The number of carbonyl (C=O) groups excluding carboxylic acids is 2. The lowest BCUT2D eigenvalue weighted by Crippen LogP contribution is -2.47. The van der Waals surface area contributed by atoms with E-state index in [0.717, 1.165) is 57.0 Å². The summed E-state index contributed by atoms with van der Waals surface area (Å²) in [6.45, 7) is 7.23. The first-order valence-corrected chi connectivity index (χ1v) is 10.9. The van der Waals surface area contributed by atoms with E-state index in [1.165, 1.54) is 5.56 Å². The lowest BCUT2D eigenvalue weighted by atomic mass is 10.1. The molecule has 0 unspecified atom stereocenters. The summed E-state index contributed by atoms with van der Waals surface area (Å²) in [4.78, 5) is 28.8. The van der Waals surface area contributed by atoms with Gasteiger partial charge in [-0.1, -0.05) is 31.2 Å². The molecule has 0 spiro atoms. The molecule has 3 rings (SSSR count). The molecule has 0 bridgehead atoms. The molecule has 0 aromatic heterocycles. The third kappa shape index (κ3) is 6.46. The molecule has 1 aliphatic heterocycles. The van der Waals surface area contributed by atoms with E-state index in [4.69, 9.17) is 4.74 Å². The van der Waals surface area contributed by atoms with Crippen molar-refractivity contribution in [3.8, 4) is 5.75 Å². The summed E-state index contributed by atoms with van der Waals surface area (Å²) in [6.07, 6.45) is 1.74. The van der Waals surface area contributed by atoms with Gasteiger partial charge in [-0.05, 0) is 49.2 Å². The summed E-state index contributed by atoms with van der Waals surface area (Å²) >= 11 is 0. The van der Waals surface area contributed by atoms with E-state index >= 15 is 0 Å². The molecule has 2 N–H and O–H groups in total. The summed E-state index contributed by atoms with van der Waals surface area (Å²) in [5, 5.41) is 5.35. The zero-order valence-electron chi connectivity index (χ0n) is 18.4. The summed E-state index contributed by atoms with van der Waals surface area (Å²) in [5.74, 6) is -0.325. The number of aryl methyl sites for hydroxylation is 1. The molecule has 1 saturated heterocycles. The number of carbonyl (C=O) groups is 2. The average molecular weight is 425 g/mol. The fraction of sp³-hybridized carbons (Fsp3) is 0.417. The molecule has 0 radical (unpaired) electrons. The van der Waals surface area contributed by atoms with Crippen LogP contribution in [0.15, 0.2) is 48.5 Å². The van der Waals surface area contributed by atoms with Gasteiger partial charge in [0.15, 0.2) is 0 Å². The van der Waals surface area contributed by atoms with Crippen molar-refractivity contribution in [2.24, 2.45) is 0 Å². The standard InChI is InChI=1S/C24H32N4O3/c1-3-19-9-11-20(12-10-19)26-24(30)23(29)25-13-6-14-27-15-17-28(18-16-27)21-7-4-5-8-22(21)31-2/h4-5,7-12H,3,6,13-18H2,1-2H3,(H,25,29)(H,26,30). The van der Waals surface area contributed by atoms with Crippen LogP contribution in [0.1, 0.15) is 18.9 Å². The quantitative estimate of drug-likeness (QED) is 0.503. The van der Waals surface area contributed by atoms with Crippen molar-refractivity contribution in [3.05, 3.63) is 54.1 Å². The number of methoxy groups -OCH3 is 1. The first-order valence-electron chi connectivity index (χ1n) is 10.9. The van der Waals surface area contributed by atoms with Crippen LogP contribution < -0.4 is 20.3 Å². The maximum absolute atomic E-state index is 12.0. The number of rotatable bonds is 8. The fourth-order valence-corrected chi connectivity index (χ4v) is 3.70. The van der Waals surface area contributed by atoms with Crippen molar-refractivity contribution < 1.29 is 14.3 Å². The Kier molecular flexibility index (Phi) is 8.29. The zero-order valence-corrected chi connectivity index (χ0v) is 18.4. The number of anilines is 2. The second kappa shape index (κ2) is 11.4. The number of nitrogens with one attached hydrogen (secondary N) is 2. The highest BCUT2D eigenvalue weighted by Crippen LogP contribution is 2.28. The van der Waals surface area contributed by atoms with E-state index in [1.54, 1.807) is 7.11 Å². The Labute approximate surface area is 184 Å². The Morgan fingerprint density at radius 2 is 1.68 bits per heavy atom. The van der Waals surface area contributed by atoms with Crippen LogP contribution in [-0.2, 0) is 16.0 Å². The highest BCUT2D eigenvalue weighted by Gasteiger charge is 2.19. The lowest BCUT2D eigenvalue weighted by Gasteiger charge is -2.36. The average Bonchev–Trinajstić information content (AvgIpc) is 2.82. The van der Waals surface area contributed by atoms with Crippen LogP contribution in [0.2, 0.25) is 0 Å². The number of para-hydroxylation sites is 2. The van der Waals surface area contributed by atoms with Gasteiger partial charge in [0.25, 0.3) is 0 Å². The number of ether oxygens (including phenoxy) is 1. The molecule has 0 atom stereocenters. The first-order chi connectivity index (χ1) is 15.1. The van der Waals surface area contributed by atoms with E-state index in [0.29, 0.717) is 12.2 Å². The topological polar surface area (TPSA) is 73.9 Å². The maximum atomic E-state index is 12.0. The van der Waals surface area contributed by atoms with E-state index < -0.39 is 11.8 Å². The molecule has 2 amide bonds. The first kappa shape index (κ1) is 22.6. The van der Waals surface area contributed by atoms with Crippen molar-refractivity contribution in [1.82, 2.24) is 10.2 Å². The van der Waals surface area contributed by atoms with Crippen LogP contribution in [-0.4, -0.2) is 63.1 Å². The van der Waals surface area contributed by atoms with Crippen LogP contribution >= 0.6 is 0 Å². The summed E-state index contributed by atoms with van der Waals surface area (Å²) < 4.78 is 5.47. The smallest absolute Gasteiger partial charge is 0.313 e. The van der Waals surface area contributed by atoms with Gasteiger partial charge in [0.05, 0.1) is 12.8 Å². The second-order valence-electron chi connectivity index (χ2n) is 7.61. The van der Waals surface area contributed by atoms with Crippen molar-refractivity contribution in [1.29, 1.82) is 0 Å². The van der Waals surface area contributed by atoms with Crippen LogP contribution in [0.3, 0.4) is 0 Å². The molecule has 2 aromatic rings. The molecule has 166 valence electrons. The summed E-state index contributed by atoms with van der Waals surface area (Å²) in [7, 11) is 1.70. The second-order valence-corrected chi connectivity index (χ2v) is 7.61. The van der Waals surface area contributed by atoms with E-state index in [1.807, 2.05) is 42.5 Å². The van der Waals surface area contributed by atoms with Crippen LogP contribution in [0.5, 0.6) is 5.75 Å². The molecule has 1 fully saturated rings. The zero-order chi connectivity index (χ0) is 22.1. The van der Waals surface area contributed by atoms with E-state index in [2.05, 4.69) is 33.4 Å².